The smallest absolute Gasteiger partial charge is 0.368 e. The van der Waals surface area contributed by atoms with Crippen LogP contribution in [0, 0.1) is 0 Å². The average Bonchev–Trinajstić information content (AvgIpc) is 3.18. The van der Waals surface area contributed by atoms with Crippen LogP contribution in [0.2, 0.25) is 0 Å². The molecule has 2 aromatic carbocycles. The second kappa shape index (κ2) is 9.19. The zero-order valence-electron chi connectivity index (χ0n) is 16.8. The van der Waals surface area contributed by atoms with Crippen LogP contribution in [0.15, 0.2) is 65.0 Å². The van der Waals surface area contributed by atoms with E-state index in [0.29, 0.717) is 5.69 Å². The molecule has 0 atom stereocenters. The van der Waals surface area contributed by atoms with Gasteiger partial charge in [0.15, 0.2) is 0 Å². The molecule has 0 radical (unpaired) electrons. The van der Waals surface area contributed by atoms with Crippen molar-refractivity contribution in [1.29, 1.82) is 0 Å². The molecule has 10 heteroatoms. The van der Waals surface area contributed by atoms with Crippen molar-refractivity contribution in [2.45, 2.75) is 6.54 Å². The lowest BCUT2D eigenvalue weighted by Gasteiger charge is -2.29. The highest BCUT2D eigenvalue weighted by Crippen LogP contribution is 2.24. The Hall–Kier alpha value is -3.37. The van der Waals surface area contributed by atoms with E-state index >= 15 is 0 Å². The lowest BCUT2D eigenvalue weighted by atomic mass is 10.0. The maximum absolute atomic E-state index is 12.8. The van der Waals surface area contributed by atoms with Gasteiger partial charge < -0.3 is 16.0 Å². The maximum Gasteiger partial charge on any atom is 0.368 e. The third-order valence-electron chi connectivity index (χ3n) is 5.29. The van der Waals surface area contributed by atoms with Crippen LogP contribution in [0.5, 0.6) is 0 Å². The van der Waals surface area contributed by atoms with Gasteiger partial charge in [0.25, 0.3) is 6.08 Å². The minimum Gasteiger partial charge on any atom is -0.369 e. The molecule has 0 spiro atoms. The minimum absolute atomic E-state index is 0.353. The van der Waals surface area contributed by atoms with Crippen LogP contribution >= 0.6 is 0 Å². The Balaban J connectivity index is 1.51. The van der Waals surface area contributed by atoms with E-state index in [0.717, 1.165) is 46.7 Å². The number of nitrogens with one attached hydrogen (secondary N) is 1. The number of piperazine rings is 1. The summed E-state index contributed by atoms with van der Waals surface area (Å²) in [7, 11) is 0. The maximum atomic E-state index is 12.8. The summed E-state index contributed by atoms with van der Waals surface area (Å²) in [5.74, 6) is 0. The van der Waals surface area contributed by atoms with Crippen molar-refractivity contribution in [1.82, 2.24) is 25.1 Å². The van der Waals surface area contributed by atoms with E-state index in [1.54, 1.807) is 12.1 Å². The minimum atomic E-state index is -1.91. The van der Waals surface area contributed by atoms with E-state index < -0.39 is 18.3 Å². The van der Waals surface area contributed by atoms with Gasteiger partial charge in [0.05, 0.1) is 12.2 Å². The number of halogens is 2. The largest absolute Gasteiger partial charge is 0.369 e. The lowest BCUT2D eigenvalue weighted by Crippen LogP contribution is -2.43. The number of hydrogen-bond donors (Lipinski definition) is 2. The van der Waals surface area contributed by atoms with Crippen molar-refractivity contribution in [3.63, 3.8) is 0 Å². The van der Waals surface area contributed by atoms with Crippen molar-refractivity contribution >= 4 is 5.69 Å². The molecule has 4 rings (SSSR count). The lowest BCUT2D eigenvalue weighted by molar-refractivity contribution is 0.400. The number of anilines is 1. The predicted octanol–water partition coefficient (Wildman–Crippen LogP) is 1.61. The molecule has 31 heavy (non-hydrogen) atoms. The monoisotopic (exact) mass is 427 g/mol. The summed E-state index contributed by atoms with van der Waals surface area (Å²) in [5.41, 5.74) is 8.07. The summed E-state index contributed by atoms with van der Waals surface area (Å²) in [6, 6.07) is 15.6. The van der Waals surface area contributed by atoms with Crippen molar-refractivity contribution in [3.05, 3.63) is 70.7 Å². The Labute approximate surface area is 177 Å². The highest BCUT2D eigenvalue weighted by atomic mass is 19.3. The van der Waals surface area contributed by atoms with Crippen LogP contribution in [0.4, 0.5) is 14.5 Å². The molecular weight excluding hydrogens is 404 g/mol. The molecule has 8 nitrogen and oxygen atoms in total. The van der Waals surface area contributed by atoms with Crippen LogP contribution in [0.25, 0.3) is 16.8 Å². The van der Waals surface area contributed by atoms with E-state index in [1.807, 2.05) is 12.1 Å². The molecule has 0 saturated carbocycles. The molecule has 2 heterocycles. The highest BCUT2D eigenvalue weighted by Gasteiger charge is 2.14. The van der Waals surface area contributed by atoms with Crippen molar-refractivity contribution in [2.75, 3.05) is 37.6 Å². The first-order valence-electron chi connectivity index (χ1n) is 9.99. The first-order chi connectivity index (χ1) is 15.1. The second-order valence-electron chi connectivity index (χ2n) is 7.23. The molecule has 0 amide bonds. The average molecular weight is 427 g/mol. The molecule has 3 aromatic rings. The molecule has 0 unspecified atom stereocenters. The Bertz CT molecular complexity index is 1110. The van der Waals surface area contributed by atoms with E-state index in [2.05, 4.69) is 44.9 Å². The summed E-state index contributed by atoms with van der Waals surface area (Å²) in [6.07, 6.45) is -1.91. The summed E-state index contributed by atoms with van der Waals surface area (Å²) in [5, 5.41) is 10.8. The highest BCUT2D eigenvalue weighted by molar-refractivity contribution is 5.67. The molecule has 1 aliphatic heterocycles. The summed E-state index contributed by atoms with van der Waals surface area (Å²) >= 11 is 0. The molecule has 1 fully saturated rings. The quantitative estimate of drug-likeness (QED) is 0.621. The van der Waals surface area contributed by atoms with Crippen LogP contribution in [0.1, 0.15) is 0 Å². The van der Waals surface area contributed by atoms with Crippen LogP contribution < -0.4 is 21.6 Å². The fourth-order valence-corrected chi connectivity index (χ4v) is 3.50. The third-order valence-corrected chi connectivity index (χ3v) is 5.29. The molecule has 1 aliphatic rings. The van der Waals surface area contributed by atoms with Crippen LogP contribution in [0.3, 0.4) is 0 Å². The van der Waals surface area contributed by atoms with E-state index in [9.17, 15) is 13.6 Å². The zero-order chi connectivity index (χ0) is 21.8. The number of aromatic nitrogens is 4. The first kappa shape index (κ1) is 20.9. The van der Waals surface area contributed by atoms with Crippen LogP contribution in [-0.4, -0.2) is 52.5 Å². The number of benzene rings is 2. The Morgan fingerprint density at radius 3 is 2.06 bits per heavy atom. The van der Waals surface area contributed by atoms with E-state index in [-0.39, 0.29) is 12.1 Å². The van der Waals surface area contributed by atoms with Gasteiger partial charge in [-0.15, -0.1) is 0 Å². The molecule has 0 bridgehead atoms. The van der Waals surface area contributed by atoms with Gasteiger partial charge in [0.1, 0.15) is 0 Å². The summed E-state index contributed by atoms with van der Waals surface area (Å²) in [4.78, 5) is 14.8. The van der Waals surface area contributed by atoms with Crippen molar-refractivity contribution in [3.8, 4) is 16.8 Å². The second-order valence-corrected chi connectivity index (χ2v) is 7.23. The van der Waals surface area contributed by atoms with E-state index in [1.165, 1.54) is 5.69 Å². The van der Waals surface area contributed by atoms with Gasteiger partial charge in [-0.1, -0.05) is 24.3 Å². The van der Waals surface area contributed by atoms with Gasteiger partial charge in [-0.3, -0.25) is 0 Å². The topological polar surface area (TPSA) is 94.0 Å². The van der Waals surface area contributed by atoms with Gasteiger partial charge >= 0.3 is 5.69 Å². The van der Waals surface area contributed by atoms with Gasteiger partial charge in [-0.2, -0.15) is 18.1 Å². The van der Waals surface area contributed by atoms with Crippen molar-refractivity contribution < 1.29 is 8.78 Å². The number of nitrogens with zero attached hydrogens (tertiary/aromatic N) is 5. The Morgan fingerprint density at radius 1 is 0.935 bits per heavy atom. The van der Waals surface area contributed by atoms with Gasteiger partial charge in [-0.25, -0.2) is 4.79 Å². The fraction of sp³-hybridized carbons (Fsp3) is 0.286. The first-order valence-corrected chi connectivity index (χ1v) is 9.99. The standard InChI is InChI=1S/C21H23F2N7O/c22-20(23)17(13-24)14-29-21(31)30(27-26-29)19-7-3-16(4-8-19)15-1-5-18(6-2-15)28-11-9-25-10-12-28/h1-8,25H,9-14,24H2. The third kappa shape index (κ3) is 4.54. The molecule has 3 N–H and O–H groups in total. The fourth-order valence-electron chi connectivity index (χ4n) is 3.50. The van der Waals surface area contributed by atoms with Crippen LogP contribution in [-0.2, 0) is 6.54 Å². The zero-order valence-corrected chi connectivity index (χ0v) is 16.8. The molecular formula is C21H23F2N7O. The Kier molecular flexibility index (Phi) is 6.19. The molecule has 0 aliphatic carbocycles. The number of tetrazole rings is 1. The van der Waals surface area contributed by atoms with Gasteiger partial charge in [0.2, 0.25) is 0 Å². The molecule has 162 valence electrons. The SMILES string of the molecule is NCC(Cn1nnn(-c2ccc(-c3ccc(N4CCNCC4)cc3)cc2)c1=O)=C(F)F. The van der Waals surface area contributed by atoms with Gasteiger partial charge in [-0.05, 0) is 45.8 Å². The normalized spacial score (nSPS) is 14.0. The van der Waals surface area contributed by atoms with E-state index in [4.69, 9.17) is 5.73 Å². The molecule has 1 saturated heterocycles. The van der Waals surface area contributed by atoms with Gasteiger partial charge in [0, 0.05) is 44.0 Å². The predicted molar refractivity (Wildman–Crippen MR) is 114 cm³/mol. The summed E-state index contributed by atoms with van der Waals surface area (Å²) in [6.45, 7) is 3.20. The Morgan fingerprint density at radius 2 is 1.52 bits per heavy atom. The number of nitrogens with two attached hydrogens (primary N) is 1. The number of rotatable bonds is 6. The molecule has 1 aromatic heterocycles. The van der Waals surface area contributed by atoms with Crippen molar-refractivity contribution in [2.24, 2.45) is 5.73 Å². The number of hydrogen-bond acceptors (Lipinski definition) is 6. The summed E-state index contributed by atoms with van der Waals surface area (Å²) < 4.78 is 27.5.